The Morgan fingerprint density at radius 3 is 2.50 bits per heavy atom. The predicted molar refractivity (Wildman–Crippen MR) is 72.4 cm³/mol. The van der Waals surface area contributed by atoms with Crippen molar-refractivity contribution in [1.82, 2.24) is 0 Å². The summed E-state index contributed by atoms with van der Waals surface area (Å²) in [4.78, 5) is 0. The van der Waals surface area contributed by atoms with Crippen LogP contribution in [-0.4, -0.2) is 48.9 Å². The van der Waals surface area contributed by atoms with Gasteiger partial charge in [0.25, 0.3) is 5.97 Å². The summed E-state index contributed by atoms with van der Waals surface area (Å²) in [5, 5.41) is 0. The van der Waals surface area contributed by atoms with E-state index in [4.69, 9.17) is 18.9 Å². The Morgan fingerprint density at radius 1 is 1.28 bits per heavy atom. The molecule has 0 N–H and O–H groups in total. The van der Waals surface area contributed by atoms with Crippen LogP contribution in [0.15, 0.2) is 0 Å². The van der Waals surface area contributed by atoms with Crippen molar-refractivity contribution in [2.45, 2.75) is 50.8 Å². The number of fused-ring (bicyclic) bond motifs is 1. The molecule has 0 radical (unpaired) electrons. The van der Waals surface area contributed by atoms with E-state index in [0.717, 1.165) is 29.3 Å². The van der Waals surface area contributed by atoms with Crippen molar-refractivity contribution in [3.8, 4) is 0 Å². The fraction of sp³-hybridized carbons (Fsp3) is 1.00. The van der Waals surface area contributed by atoms with Crippen molar-refractivity contribution < 1.29 is 18.9 Å². The topological polar surface area (TPSA) is 40.2 Å². The van der Waals surface area contributed by atoms with Gasteiger partial charge in [-0.2, -0.15) is 0 Å². The minimum Gasteiger partial charge on any atom is -0.370 e. The van der Waals surface area contributed by atoms with Gasteiger partial charge in [0.1, 0.15) is 0 Å². The molecule has 4 atom stereocenters. The van der Waals surface area contributed by atoms with Gasteiger partial charge < -0.3 is 18.9 Å². The van der Waals surface area contributed by atoms with Gasteiger partial charge in [0.15, 0.2) is 0 Å². The van der Waals surface area contributed by atoms with Crippen LogP contribution in [0.5, 0.6) is 0 Å². The van der Waals surface area contributed by atoms with Gasteiger partial charge in [-0.1, -0.05) is 6.92 Å². The van der Waals surface area contributed by atoms with Crippen LogP contribution < -0.4 is 0 Å². The van der Waals surface area contributed by atoms with Gasteiger partial charge in [0.05, 0.1) is 12.2 Å². The molecule has 1 saturated carbocycles. The van der Waals surface area contributed by atoms with E-state index < -0.39 is 5.97 Å². The van der Waals surface area contributed by atoms with Crippen LogP contribution in [0.2, 0.25) is 0 Å². The molecule has 0 spiro atoms. The van der Waals surface area contributed by atoms with Crippen LogP contribution in [0.4, 0.5) is 0 Å². The Bertz CT molecular complexity index is 270. The SMILES string of the molecule is CCC(C1CCC2OC2C1)C(OC)(OC)OC[SiH3]. The van der Waals surface area contributed by atoms with Crippen LogP contribution in [-0.2, 0) is 18.9 Å². The average Bonchev–Trinajstić information content (AvgIpc) is 3.17. The van der Waals surface area contributed by atoms with Crippen molar-refractivity contribution >= 4 is 10.2 Å². The summed E-state index contributed by atoms with van der Waals surface area (Å²) < 4.78 is 22.7. The van der Waals surface area contributed by atoms with Gasteiger partial charge in [-0.15, -0.1) is 0 Å². The molecule has 1 saturated heterocycles. The number of ether oxygens (including phenoxy) is 4. The molecule has 2 aliphatic rings. The zero-order chi connectivity index (χ0) is 13.2. The molecule has 2 fully saturated rings. The van der Waals surface area contributed by atoms with Crippen LogP contribution in [0.25, 0.3) is 0 Å². The molecule has 0 aromatic heterocycles. The van der Waals surface area contributed by atoms with Crippen molar-refractivity contribution in [2.75, 3.05) is 20.4 Å². The molecule has 0 bridgehead atoms. The standard InChI is InChI=1S/C13H26O4Si/c1-4-10(13(14-2,15-3)16-8-18)9-5-6-11-12(7-9)17-11/h9-12H,4-8H2,1-3,18H3. The third-order valence-corrected chi connectivity index (χ3v) is 4.71. The molecular formula is C13H26O4Si. The summed E-state index contributed by atoms with van der Waals surface area (Å²) >= 11 is 0. The number of hydrogen-bond acceptors (Lipinski definition) is 4. The Labute approximate surface area is 113 Å². The van der Waals surface area contributed by atoms with E-state index in [9.17, 15) is 0 Å². The number of epoxide rings is 1. The van der Waals surface area contributed by atoms with Crippen LogP contribution in [0, 0.1) is 11.8 Å². The summed E-state index contributed by atoms with van der Waals surface area (Å²) in [5.41, 5.74) is 0. The van der Waals surface area contributed by atoms with Gasteiger partial charge in [-0.25, -0.2) is 0 Å². The molecule has 0 aromatic carbocycles. The maximum atomic E-state index is 5.86. The largest absolute Gasteiger partial charge is 0.370 e. The summed E-state index contributed by atoms with van der Waals surface area (Å²) in [7, 11) is 4.35. The highest BCUT2D eigenvalue weighted by Gasteiger charge is 2.51. The molecule has 106 valence electrons. The molecule has 1 heterocycles. The Kier molecular flexibility index (Phi) is 4.83. The lowest BCUT2D eigenvalue weighted by Crippen LogP contribution is -2.48. The number of hydrogen-bond donors (Lipinski definition) is 0. The quantitative estimate of drug-likeness (QED) is 0.392. The second kappa shape index (κ2) is 6.01. The van der Waals surface area contributed by atoms with Gasteiger partial charge in [0, 0.05) is 36.6 Å². The highest BCUT2D eigenvalue weighted by atomic mass is 28.1. The first-order chi connectivity index (χ1) is 8.70. The predicted octanol–water partition coefficient (Wildman–Crippen LogP) is 0.866. The lowest BCUT2D eigenvalue weighted by atomic mass is 9.77. The van der Waals surface area contributed by atoms with Gasteiger partial charge >= 0.3 is 0 Å². The van der Waals surface area contributed by atoms with Crippen LogP contribution in [0.3, 0.4) is 0 Å². The first-order valence-corrected chi connectivity index (χ1v) is 8.51. The van der Waals surface area contributed by atoms with Crippen molar-refractivity contribution in [3.63, 3.8) is 0 Å². The molecule has 4 unspecified atom stereocenters. The molecule has 0 amide bonds. The molecule has 5 heteroatoms. The van der Waals surface area contributed by atoms with E-state index in [2.05, 4.69) is 6.92 Å². The summed E-state index contributed by atoms with van der Waals surface area (Å²) in [6.07, 6.45) is 6.26. The van der Waals surface area contributed by atoms with E-state index in [1.807, 2.05) is 0 Å². The lowest BCUT2D eigenvalue weighted by molar-refractivity contribution is -0.389. The van der Waals surface area contributed by atoms with Gasteiger partial charge in [0.2, 0.25) is 0 Å². The zero-order valence-corrected chi connectivity index (χ0v) is 14.0. The van der Waals surface area contributed by atoms with Gasteiger partial charge in [-0.3, -0.25) is 0 Å². The summed E-state index contributed by atoms with van der Waals surface area (Å²) in [6.45, 7) is 2.19. The van der Waals surface area contributed by atoms with E-state index in [0.29, 0.717) is 18.1 Å². The second-order valence-electron chi connectivity index (χ2n) is 5.25. The normalized spacial score (nSPS) is 33.2. The molecule has 1 aliphatic carbocycles. The van der Waals surface area contributed by atoms with Crippen molar-refractivity contribution in [3.05, 3.63) is 0 Å². The van der Waals surface area contributed by atoms with E-state index in [1.165, 1.54) is 12.8 Å². The summed E-state index contributed by atoms with van der Waals surface area (Å²) in [5.74, 6) is 0.00145. The molecular weight excluding hydrogens is 248 g/mol. The molecule has 18 heavy (non-hydrogen) atoms. The summed E-state index contributed by atoms with van der Waals surface area (Å²) in [6, 6.07) is 0. The first-order valence-electron chi connectivity index (χ1n) is 7.10. The third kappa shape index (κ3) is 2.65. The maximum Gasteiger partial charge on any atom is 0.285 e. The first kappa shape index (κ1) is 14.5. The smallest absolute Gasteiger partial charge is 0.285 e. The number of methoxy groups -OCH3 is 2. The van der Waals surface area contributed by atoms with Gasteiger partial charge in [-0.05, 0) is 31.6 Å². The maximum absolute atomic E-state index is 5.86. The highest BCUT2D eigenvalue weighted by molar-refractivity contribution is 6.08. The van der Waals surface area contributed by atoms with Crippen molar-refractivity contribution in [1.29, 1.82) is 0 Å². The van der Waals surface area contributed by atoms with E-state index >= 15 is 0 Å². The molecule has 4 nitrogen and oxygen atoms in total. The molecule has 2 rings (SSSR count). The Morgan fingerprint density at radius 2 is 2.00 bits per heavy atom. The minimum absolute atomic E-state index is 0.284. The van der Waals surface area contributed by atoms with E-state index in [-0.39, 0.29) is 5.92 Å². The third-order valence-electron chi connectivity index (χ3n) is 4.42. The van der Waals surface area contributed by atoms with Crippen LogP contribution in [0.1, 0.15) is 32.6 Å². The Hall–Kier alpha value is 0.0569. The number of rotatable bonds is 7. The van der Waals surface area contributed by atoms with Crippen molar-refractivity contribution in [2.24, 2.45) is 11.8 Å². The molecule has 0 aromatic rings. The van der Waals surface area contributed by atoms with E-state index in [1.54, 1.807) is 14.2 Å². The fourth-order valence-electron chi connectivity index (χ4n) is 3.48. The zero-order valence-electron chi connectivity index (χ0n) is 12.0. The average molecular weight is 274 g/mol. The minimum atomic E-state index is -0.858. The lowest BCUT2D eigenvalue weighted by Gasteiger charge is -2.41. The van der Waals surface area contributed by atoms with Crippen LogP contribution >= 0.6 is 0 Å². The highest BCUT2D eigenvalue weighted by Crippen LogP contribution is 2.46. The Balaban J connectivity index is 2.08. The monoisotopic (exact) mass is 274 g/mol. The second-order valence-corrected chi connectivity index (χ2v) is 5.82. The molecule has 1 aliphatic heterocycles. The fourth-order valence-corrected chi connectivity index (χ4v) is 3.89.